The quantitative estimate of drug-likeness (QED) is 0.873. The Morgan fingerprint density at radius 1 is 1.32 bits per heavy atom. The Labute approximate surface area is 144 Å². The first kappa shape index (κ1) is 17.0. The normalized spacial score (nSPS) is 16.7. The molecule has 1 atom stereocenters. The molecule has 2 aromatic rings. The van der Waals surface area contributed by atoms with Crippen molar-refractivity contribution in [1.82, 2.24) is 15.2 Å². The zero-order chi connectivity index (χ0) is 17.6. The Balaban J connectivity index is 1.53. The lowest BCUT2D eigenvalue weighted by Gasteiger charge is -2.25. The Bertz CT molecular complexity index is 776. The molecule has 132 valence electrons. The average molecular weight is 345 g/mol. The molecule has 7 heteroatoms. The van der Waals surface area contributed by atoms with Crippen molar-refractivity contribution >= 4 is 6.03 Å². The molecule has 0 aliphatic carbocycles. The summed E-state index contributed by atoms with van der Waals surface area (Å²) in [6.07, 6.45) is 3.30. The van der Waals surface area contributed by atoms with Crippen molar-refractivity contribution in [2.75, 3.05) is 13.2 Å². The lowest BCUT2D eigenvalue weighted by molar-refractivity contribution is 0.165. The van der Waals surface area contributed by atoms with Crippen LogP contribution < -0.4 is 15.6 Å². The largest absolute Gasteiger partial charge is 0.491 e. The molecule has 0 bridgehead atoms. The molecular weight excluding hydrogens is 325 g/mol. The molecule has 6 nitrogen and oxygen atoms in total. The minimum absolute atomic E-state index is 0.0425. The van der Waals surface area contributed by atoms with E-state index in [4.69, 9.17) is 4.74 Å². The van der Waals surface area contributed by atoms with Crippen LogP contribution in [0.2, 0.25) is 0 Å². The summed E-state index contributed by atoms with van der Waals surface area (Å²) < 4.78 is 18.6. The number of aromatic nitrogens is 1. The lowest BCUT2D eigenvalue weighted by Crippen LogP contribution is -2.45. The highest BCUT2D eigenvalue weighted by atomic mass is 19.1. The second-order valence-electron chi connectivity index (χ2n) is 5.94. The zero-order valence-corrected chi connectivity index (χ0v) is 13.7. The van der Waals surface area contributed by atoms with Gasteiger partial charge in [0.2, 0.25) is 0 Å². The summed E-state index contributed by atoms with van der Waals surface area (Å²) in [5.41, 5.74) is 0.301. The summed E-state index contributed by atoms with van der Waals surface area (Å²) in [5.74, 6) is 0.259. The molecule has 0 saturated carbocycles. The number of halogens is 1. The molecule has 0 spiro atoms. The first-order valence-corrected chi connectivity index (χ1v) is 8.23. The number of nitrogens with zero attached hydrogens (tertiary/aromatic N) is 1. The van der Waals surface area contributed by atoms with Gasteiger partial charge < -0.3 is 19.9 Å². The zero-order valence-electron chi connectivity index (χ0n) is 13.7. The second-order valence-corrected chi connectivity index (χ2v) is 5.94. The number of ether oxygens (including phenoxy) is 1. The lowest BCUT2D eigenvalue weighted by atomic mass is 10.2. The number of hydrogen-bond donors (Lipinski definition) is 2. The van der Waals surface area contributed by atoms with Crippen molar-refractivity contribution in [3.8, 4) is 5.75 Å². The van der Waals surface area contributed by atoms with Gasteiger partial charge in [-0.15, -0.1) is 0 Å². The van der Waals surface area contributed by atoms with E-state index in [0.717, 1.165) is 12.8 Å². The molecule has 2 amide bonds. The van der Waals surface area contributed by atoms with Gasteiger partial charge in [0.25, 0.3) is 5.56 Å². The van der Waals surface area contributed by atoms with E-state index in [1.165, 1.54) is 12.1 Å². The molecule has 1 saturated heterocycles. The third-order valence-electron chi connectivity index (χ3n) is 4.22. The predicted octanol–water partition coefficient (Wildman–Crippen LogP) is 2.27. The Hall–Kier alpha value is -2.83. The van der Waals surface area contributed by atoms with Crippen molar-refractivity contribution in [3.63, 3.8) is 0 Å². The van der Waals surface area contributed by atoms with E-state index in [1.807, 2.05) is 0 Å². The van der Waals surface area contributed by atoms with Gasteiger partial charge in [0.1, 0.15) is 18.2 Å². The topological polar surface area (TPSA) is 74.4 Å². The molecule has 2 heterocycles. The highest BCUT2D eigenvalue weighted by molar-refractivity contribution is 5.74. The Kier molecular flexibility index (Phi) is 5.33. The summed E-state index contributed by atoms with van der Waals surface area (Å²) in [7, 11) is 0. The number of carbonyl (C=O) groups is 1. The summed E-state index contributed by atoms with van der Waals surface area (Å²) in [6.45, 7) is 1.18. The van der Waals surface area contributed by atoms with Gasteiger partial charge >= 0.3 is 6.03 Å². The van der Waals surface area contributed by atoms with Gasteiger partial charge in [-0.25, -0.2) is 9.18 Å². The predicted molar refractivity (Wildman–Crippen MR) is 90.9 cm³/mol. The summed E-state index contributed by atoms with van der Waals surface area (Å²) in [6, 6.07) is 8.95. The maximum atomic E-state index is 12.9. The highest BCUT2D eigenvalue weighted by Crippen LogP contribution is 2.19. The van der Waals surface area contributed by atoms with Crippen LogP contribution in [0, 0.1) is 5.82 Å². The fraction of sp³-hybridized carbons (Fsp3) is 0.333. The number of rotatable bonds is 5. The van der Waals surface area contributed by atoms with Crippen molar-refractivity contribution in [1.29, 1.82) is 0 Å². The fourth-order valence-corrected chi connectivity index (χ4v) is 2.87. The first-order chi connectivity index (χ1) is 12.1. The monoisotopic (exact) mass is 345 g/mol. The van der Waals surface area contributed by atoms with Gasteiger partial charge in [0, 0.05) is 24.8 Å². The number of carbonyl (C=O) groups excluding carboxylic acids is 1. The second kappa shape index (κ2) is 7.83. The number of pyridine rings is 1. The van der Waals surface area contributed by atoms with Crippen LogP contribution in [0.5, 0.6) is 5.75 Å². The molecule has 1 aromatic heterocycles. The van der Waals surface area contributed by atoms with Crippen molar-refractivity contribution in [3.05, 3.63) is 64.3 Å². The van der Waals surface area contributed by atoms with Gasteiger partial charge in [-0.2, -0.15) is 0 Å². The van der Waals surface area contributed by atoms with Crippen LogP contribution in [0.4, 0.5) is 9.18 Å². The molecule has 1 fully saturated rings. The molecule has 3 rings (SSSR count). The van der Waals surface area contributed by atoms with Gasteiger partial charge in [-0.3, -0.25) is 4.79 Å². The third-order valence-corrected chi connectivity index (χ3v) is 4.22. The van der Waals surface area contributed by atoms with E-state index in [1.54, 1.807) is 35.4 Å². The Morgan fingerprint density at radius 2 is 2.12 bits per heavy atom. The molecule has 1 aliphatic rings. The van der Waals surface area contributed by atoms with E-state index in [-0.39, 0.29) is 30.0 Å². The van der Waals surface area contributed by atoms with E-state index >= 15 is 0 Å². The van der Waals surface area contributed by atoms with E-state index in [2.05, 4.69) is 10.3 Å². The molecule has 0 radical (unpaired) electrons. The summed E-state index contributed by atoms with van der Waals surface area (Å²) in [5, 5.41) is 2.78. The van der Waals surface area contributed by atoms with E-state index in [0.29, 0.717) is 24.5 Å². The molecule has 2 N–H and O–H groups in total. The average Bonchev–Trinajstić information content (AvgIpc) is 3.09. The van der Waals surface area contributed by atoms with Crippen LogP contribution in [-0.4, -0.2) is 35.1 Å². The third kappa shape index (κ3) is 4.37. The van der Waals surface area contributed by atoms with Crippen molar-refractivity contribution in [2.24, 2.45) is 0 Å². The SMILES string of the molecule is O=C(NCc1ccc[nH]c1=O)N1CCC[C@H]1COc1ccc(F)cc1. The number of aromatic amines is 1. The first-order valence-electron chi connectivity index (χ1n) is 8.23. The number of benzene rings is 1. The van der Waals surface area contributed by atoms with Gasteiger partial charge in [-0.1, -0.05) is 6.07 Å². The minimum Gasteiger partial charge on any atom is -0.491 e. The van der Waals surface area contributed by atoms with Crippen LogP contribution >= 0.6 is 0 Å². The molecule has 1 aliphatic heterocycles. The minimum atomic E-state index is -0.315. The van der Waals surface area contributed by atoms with Gasteiger partial charge in [-0.05, 0) is 43.2 Å². The van der Waals surface area contributed by atoms with Crippen LogP contribution in [-0.2, 0) is 6.54 Å². The number of urea groups is 1. The number of hydrogen-bond acceptors (Lipinski definition) is 3. The summed E-state index contributed by atoms with van der Waals surface area (Å²) in [4.78, 5) is 28.3. The number of H-pyrrole nitrogens is 1. The molecular formula is C18H20FN3O3. The van der Waals surface area contributed by atoms with Crippen molar-refractivity contribution < 1.29 is 13.9 Å². The summed E-state index contributed by atoms with van der Waals surface area (Å²) >= 11 is 0. The van der Waals surface area contributed by atoms with Crippen LogP contribution in [0.3, 0.4) is 0 Å². The van der Waals surface area contributed by atoms with E-state index in [9.17, 15) is 14.0 Å². The number of amides is 2. The molecule has 1 aromatic carbocycles. The number of nitrogens with one attached hydrogen (secondary N) is 2. The van der Waals surface area contributed by atoms with Crippen LogP contribution in [0.25, 0.3) is 0 Å². The highest BCUT2D eigenvalue weighted by Gasteiger charge is 2.29. The van der Waals surface area contributed by atoms with Crippen molar-refractivity contribution in [2.45, 2.75) is 25.4 Å². The van der Waals surface area contributed by atoms with E-state index < -0.39 is 0 Å². The van der Waals surface area contributed by atoms with Gasteiger partial charge in [0.15, 0.2) is 0 Å². The standard InChI is InChI=1S/C18H20FN3O3/c19-14-5-7-16(8-6-14)25-12-15-4-2-10-22(15)18(24)21-11-13-3-1-9-20-17(13)23/h1,3,5-9,15H,2,4,10-12H2,(H,20,23)(H,21,24)/t15-/m0/s1. The van der Waals surface area contributed by atoms with Crippen LogP contribution in [0.15, 0.2) is 47.4 Å². The Morgan fingerprint density at radius 3 is 2.88 bits per heavy atom. The molecule has 25 heavy (non-hydrogen) atoms. The fourth-order valence-electron chi connectivity index (χ4n) is 2.87. The smallest absolute Gasteiger partial charge is 0.318 e. The molecule has 0 unspecified atom stereocenters. The maximum absolute atomic E-state index is 12.9. The van der Waals surface area contributed by atoms with Gasteiger partial charge in [0.05, 0.1) is 6.04 Å². The van der Waals surface area contributed by atoms with Crippen LogP contribution in [0.1, 0.15) is 18.4 Å². The maximum Gasteiger partial charge on any atom is 0.318 e. The number of likely N-dealkylation sites (tertiary alicyclic amines) is 1.